The summed E-state index contributed by atoms with van der Waals surface area (Å²) >= 11 is 0. The van der Waals surface area contributed by atoms with Crippen LogP contribution >= 0.6 is 0 Å². The van der Waals surface area contributed by atoms with Crippen molar-refractivity contribution in [1.29, 1.82) is 0 Å². The van der Waals surface area contributed by atoms with Gasteiger partial charge in [-0.05, 0) is 24.8 Å². The summed E-state index contributed by atoms with van der Waals surface area (Å²) in [5, 5.41) is 8.64. The summed E-state index contributed by atoms with van der Waals surface area (Å²) in [6, 6.07) is 0. The van der Waals surface area contributed by atoms with Gasteiger partial charge in [0.2, 0.25) is 0 Å². The second-order valence-corrected chi connectivity index (χ2v) is 2.71. The van der Waals surface area contributed by atoms with Crippen LogP contribution in [0.2, 0.25) is 0 Å². The second kappa shape index (κ2) is 7.59. The number of hydrogen-bond acceptors (Lipinski definition) is 1. The van der Waals surface area contributed by atoms with Crippen molar-refractivity contribution in [3.05, 3.63) is 17.9 Å². The lowest BCUT2D eigenvalue weighted by Gasteiger charge is -2.00. The van der Waals surface area contributed by atoms with Crippen molar-refractivity contribution >= 4 is 0 Å². The smallest absolute Gasteiger partial charge is 0.0474 e. The van der Waals surface area contributed by atoms with Crippen LogP contribution in [0.1, 0.15) is 39.0 Å². The standard InChI is InChI=1S/C10H18O/c1-3-5-6-7-10(4-2)8-9-11/h11H,2-3,5-9H2,1H3. The van der Waals surface area contributed by atoms with E-state index in [9.17, 15) is 0 Å². The van der Waals surface area contributed by atoms with Gasteiger partial charge in [-0.25, -0.2) is 0 Å². The lowest BCUT2D eigenvalue weighted by Crippen LogP contribution is -1.87. The second-order valence-electron chi connectivity index (χ2n) is 2.71. The predicted molar refractivity (Wildman–Crippen MR) is 48.5 cm³/mol. The van der Waals surface area contributed by atoms with E-state index in [-0.39, 0.29) is 6.61 Å². The van der Waals surface area contributed by atoms with E-state index in [0.29, 0.717) is 0 Å². The molecule has 0 aliphatic rings. The zero-order valence-corrected chi connectivity index (χ0v) is 7.40. The lowest BCUT2D eigenvalue weighted by molar-refractivity contribution is 0.297. The van der Waals surface area contributed by atoms with E-state index in [1.165, 1.54) is 24.8 Å². The van der Waals surface area contributed by atoms with Gasteiger partial charge in [0, 0.05) is 6.61 Å². The van der Waals surface area contributed by atoms with Crippen molar-refractivity contribution in [3.63, 3.8) is 0 Å². The quantitative estimate of drug-likeness (QED) is 0.460. The SMILES string of the molecule is C=C=C(CCO)CCCCC. The first kappa shape index (κ1) is 10.5. The number of rotatable bonds is 6. The van der Waals surface area contributed by atoms with Crippen molar-refractivity contribution < 1.29 is 5.11 Å². The molecule has 0 fully saturated rings. The van der Waals surface area contributed by atoms with E-state index >= 15 is 0 Å². The molecule has 1 heteroatoms. The highest BCUT2D eigenvalue weighted by atomic mass is 16.2. The number of hydrogen-bond donors (Lipinski definition) is 1. The molecule has 1 N–H and O–H groups in total. The summed E-state index contributed by atoms with van der Waals surface area (Å²) < 4.78 is 0. The van der Waals surface area contributed by atoms with Crippen LogP contribution in [0.15, 0.2) is 17.9 Å². The monoisotopic (exact) mass is 154 g/mol. The maximum absolute atomic E-state index is 8.64. The third-order valence-corrected chi connectivity index (χ3v) is 1.75. The fraction of sp³-hybridized carbons (Fsp3) is 0.700. The van der Waals surface area contributed by atoms with Crippen molar-refractivity contribution in [2.24, 2.45) is 0 Å². The van der Waals surface area contributed by atoms with E-state index in [1.807, 2.05) is 0 Å². The summed E-state index contributed by atoms with van der Waals surface area (Å²) in [4.78, 5) is 0. The number of unbranched alkanes of at least 4 members (excludes halogenated alkanes) is 2. The third-order valence-electron chi connectivity index (χ3n) is 1.75. The van der Waals surface area contributed by atoms with Gasteiger partial charge in [-0.3, -0.25) is 0 Å². The van der Waals surface area contributed by atoms with E-state index in [4.69, 9.17) is 5.11 Å². The molecule has 0 rings (SSSR count). The van der Waals surface area contributed by atoms with Gasteiger partial charge in [0.05, 0.1) is 0 Å². The Balaban J connectivity index is 3.46. The molecule has 11 heavy (non-hydrogen) atoms. The van der Waals surface area contributed by atoms with Crippen molar-refractivity contribution in [2.45, 2.75) is 39.0 Å². The van der Waals surface area contributed by atoms with Gasteiger partial charge in [-0.15, -0.1) is 5.73 Å². The molecule has 0 aromatic carbocycles. The molecule has 0 saturated heterocycles. The molecule has 0 atom stereocenters. The van der Waals surface area contributed by atoms with Crippen LogP contribution in [-0.2, 0) is 0 Å². The Bertz CT molecular complexity index is 132. The van der Waals surface area contributed by atoms with Crippen molar-refractivity contribution in [3.8, 4) is 0 Å². The molecule has 0 aromatic heterocycles. The molecular formula is C10H18O. The third kappa shape index (κ3) is 5.90. The molecule has 0 bridgehead atoms. The molecule has 0 amide bonds. The van der Waals surface area contributed by atoms with Gasteiger partial charge in [0.25, 0.3) is 0 Å². The van der Waals surface area contributed by atoms with Gasteiger partial charge >= 0.3 is 0 Å². The first-order chi connectivity index (χ1) is 5.35. The zero-order valence-electron chi connectivity index (χ0n) is 7.40. The average molecular weight is 154 g/mol. The summed E-state index contributed by atoms with van der Waals surface area (Å²) in [7, 11) is 0. The Labute approximate surface area is 69.4 Å². The van der Waals surface area contributed by atoms with Crippen LogP contribution in [0, 0.1) is 0 Å². The largest absolute Gasteiger partial charge is 0.396 e. The Morgan fingerprint density at radius 1 is 1.36 bits per heavy atom. The highest BCUT2D eigenvalue weighted by molar-refractivity contribution is 4.98. The lowest BCUT2D eigenvalue weighted by atomic mass is 10.1. The van der Waals surface area contributed by atoms with Gasteiger partial charge in [0.1, 0.15) is 0 Å². The Morgan fingerprint density at radius 2 is 2.09 bits per heavy atom. The highest BCUT2D eigenvalue weighted by Crippen LogP contribution is 2.10. The Morgan fingerprint density at radius 3 is 2.55 bits per heavy atom. The summed E-state index contributed by atoms with van der Waals surface area (Å²) in [6.07, 6.45) is 5.50. The summed E-state index contributed by atoms with van der Waals surface area (Å²) in [5.41, 5.74) is 4.04. The van der Waals surface area contributed by atoms with Crippen LogP contribution in [-0.4, -0.2) is 11.7 Å². The van der Waals surface area contributed by atoms with Crippen molar-refractivity contribution in [2.75, 3.05) is 6.61 Å². The van der Waals surface area contributed by atoms with Crippen LogP contribution in [0.4, 0.5) is 0 Å². The molecule has 0 radical (unpaired) electrons. The topological polar surface area (TPSA) is 20.2 Å². The average Bonchev–Trinajstić information content (AvgIpc) is 2.03. The Hall–Kier alpha value is -0.520. The fourth-order valence-electron chi connectivity index (χ4n) is 1.03. The number of aliphatic hydroxyl groups is 1. The van der Waals surface area contributed by atoms with Gasteiger partial charge < -0.3 is 5.11 Å². The minimum Gasteiger partial charge on any atom is -0.396 e. The van der Waals surface area contributed by atoms with Crippen molar-refractivity contribution in [1.82, 2.24) is 0 Å². The van der Waals surface area contributed by atoms with Gasteiger partial charge in [-0.1, -0.05) is 26.3 Å². The maximum atomic E-state index is 8.64. The van der Waals surface area contributed by atoms with Crippen LogP contribution in [0.3, 0.4) is 0 Å². The molecule has 64 valence electrons. The zero-order chi connectivity index (χ0) is 8.53. The maximum Gasteiger partial charge on any atom is 0.0474 e. The molecule has 0 saturated carbocycles. The molecular weight excluding hydrogens is 136 g/mol. The normalized spacial score (nSPS) is 9.27. The molecule has 0 spiro atoms. The predicted octanol–water partition coefficient (Wildman–Crippen LogP) is 2.66. The van der Waals surface area contributed by atoms with Gasteiger partial charge in [-0.2, -0.15) is 0 Å². The fourth-order valence-corrected chi connectivity index (χ4v) is 1.03. The molecule has 1 nitrogen and oxygen atoms in total. The molecule has 0 heterocycles. The van der Waals surface area contributed by atoms with Crippen LogP contribution in [0.25, 0.3) is 0 Å². The highest BCUT2D eigenvalue weighted by Gasteiger charge is 1.94. The molecule has 0 unspecified atom stereocenters. The molecule has 0 aliphatic carbocycles. The van der Waals surface area contributed by atoms with Crippen LogP contribution in [0.5, 0.6) is 0 Å². The molecule has 0 aromatic rings. The van der Waals surface area contributed by atoms with Gasteiger partial charge in [0.15, 0.2) is 0 Å². The van der Waals surface area contributed by atoms with E-state index in [2.05, 4.69) is 19.2 Å². The summed E-state index contributed by atoms with van der Waals surface area (Å²) in [5.74, 6) is 0. The van der Waals surface area contributed by atoms with E-state index < -0.39 is 0 Å². The van der Waals surface area contributed by atoms with E-state index in [0.717, 1.165) is 12.8 Å². The summed E-state index contributed by atoms with van der Waals surface area (Å²) in [6.45, 7) is 6.00. The molecule has 0 aliphatic heterocycles. The minimum atomic E-state index is 0.226. The first-order valence-electron chi connectivity index (χ1n) is 4.33. The minimum absolute atomic E-state index is 0.226. The van der Waals surface area contributed by atoms with E-state index in [1.54, 1.807) is 0 Å². The number of aliphatic hydroxyl groups excluding tert-OH is 1. The Kier molecular flexibility index (Phi) is 7.23. The first-order valence-corrected chi connectivity index (χ1v) is 4.33. The van der Waals surface area contributed by atoms with Crippen LogP contribution < -0.4 is 0 Å².